The molecule has 0 radical (unpaired) electrons. The number of hydrogen-bond donors (Lipinski definition) is 2. The van der Waals surface area contributed by atoms with Crippen LogP contribution in [-0.2, 0) is 7.05 Å². The molecule has 1 amide bonds. The molecule has 0 unspecified atom stereocenters. The zero-order valence-electron chi connectivity index (χ0n) is 9.88. The third kappa shape index (κ3) is 2.40. The van der Waals surface area contributed by atoms with Crippen LogP contribution in [-0.4, -0.2) is 10.5 Å². The summed E-state index contributed by atoms with van der Waals surface area (Å²) in [5.41, 5.74) is 6.95. The lowest BCUT2D eigenvalue weighted by Gasteiger charge is -2.08. The number of carbonyl (C=O) groups is 1. The molecular weight excluding hydrogens is 230 g/mol. The van der Waals surface area contributed by atoms with Crippen LogP contribution in [0.2, 0.25) is 0 Å². The van der Waals surface area contributed by atoms with Gasteiger partial charge >= 0.3 is 0 Å². The predicted molar refractivity (Wildman–Crippen MR) is 70.5 cm³/mol. The SMILES string of the molecule is Cn1cc(NC(=O)c2ccccc2N)ccc1=O. The number of benzene rings is 1. The first-order valence-electron chi connectivity index (χ1n) is 5.40. The van der Waals surface area contributed by atoms with Crippen molar-refractivity contribution in [3.05, 3.63) is 58.5 Å². The van der Waals surface area contributed by atoms with E-state index in [0.717, 1.165) is 0 Å². The van der Waals surface area contributed by atoms with Crippen LogP contribution in [0, 0.1) is 0 Å². The smallest absolute Gasteiger partial charge is 0.257 e. The highest BCUT2D eigenvalue weighted by Gasteiger charge is 2.09. The first-order valence-corrected chi connectivity index (χ1v) is 5.40. The van der Waals surface area contributed by atoms with E-state index in [9.17, 15) is 9.59 Å². The molecular formula is C13H13N3O2. The molecule has 18 heavy (non-hydrogen) atoms. The van der Waals surface area contributed by atoms with Crippen LogP contribution in [0.5, 0.6) is 0 Å². The minimum absolute atomic E-state index is 0.132. The van der Waals surface area contributed by atoms with Crippen molar-refractivity contribution in [3.8, 4) is 0 Å². The number of aromatic nitrogens is 1. The van der Waals surface area contributed by atoms with Crippen LogP contribution in [0.15, 0.2) is 47.4 Å². The summed E-state index contributed by atoms with van der Waals surface area (Å²) in [6.45, 7) is 0. The van der Waals surface area contributed by atoms with Crippen molar-refractivity contribution in [3.63, 3.8) is 0 Å². The molecule has 0 fully saturated rings. The van der Waals surface area contributed by atoms with Gasteiger partial charge < -0.3 is 15.6 Å². The minimum Gasteiger partial charge on any atom is -0.398 e. The highest BCUT2D eigenvalue weighted by molar-refractivity contribution is 6.07. The number of para-hydroxylation sites is 1. The Morgan fingerprint density at radius 2 is 1.94 bits per heavy atom. The quantitative estimate of drug-likeness (QED) is 0.778. The molecule has 5 nitrogen and oxygen atoms in total. The Labute approximate surface area is 104 Å². The monoisotopic (exact) mass is 243 g/mol. The predicted octanol–water partition coefficient (Wildman–Crippen LogP) is 1.22. The summed E-state index contributed by atoms with van der Waals surface area (Å²) in [4.78, 5) is 23.2. The number of nitrogen functional groups attached to an aromatic ring is 1. The zero-order chi connectivity index (χ0) is 13.1. The average Bonchev–Trinajstić information content (AvgIpc) is 2.34. The van der Waals surface area contributed by atoms with Crippen molar-refractivity contribution in [2.24, 2.45) is 7.05 Å². The van der Waals surface area contributed by atoms with Crippen LogP contribution >= 0.6 is 0 Å². The van der Waals surface area contributed by atoms with E-state index in [1.165, 1.54) is 10.6 Å². The van der Waals surface area contributed by atoms with Gasteiger partial charge in [-0.15, -0.1) is 0 Å². The summed E-state index contributed by atoms with van der Waals surface area (Å²) < 4.78 is 1.39. The van der Waals surface area contributed by atoms with Gasteiger partial charge in [0.05, 0.1) is 11.3 Å². The largest absolute Gasteiger partial charge is 0.398 e. The van der Waals surface area contributed by atoms with E-state index in [1.807, 2.05) is 0 Å². The van der Waals surface area contributed by atoms with Gasteiger partial charge in [0.1, 0.15) is 0 Å². The van der Waals surface area contributed by atoms with Crippen molar-refractivity contribution in [1.82, 2.24) is 4.57 Å². The Kier molecular flexibility index (Phi) is 3.14. The summed E-state index contributed by atoms with van der Waals surface area (Å²) in [5.74, 6) is -0.299. The molecule has 5 heteroatoms. The fourth-order valence-electron chi connectivity index (χ4n) is 1.57. The van der Waals surface area contributed by atoms with Crippen LogP contribution < -0.4 is 16.6 Å². The number of nitrogens with two attached hydrogens (primary N) is 1. The second kappa shape index (κ2) is 4.75. The molecule has 0 atom stereocenters. The van der Waals surface area contributed by atoms with Crippen LogP contribution in [0.25, 0.3) is 0 Å². The Morgan fingerprint density at radius 1 is 1.22 bits per heavy atom. The zero-order valence-corrected chi connectivity index (χ0v) is 9.88. The number of nitrogens with one attached hydrogen (secondary N) is 1. The minimum atomic E-state index is -0.299. The van der Waals surface area contributed by atoms with Crippen molar-refractivity contribution < 1.29 is 4.79 Å². The summed E-state index contributed by atoms with van der Waals surface area (Å²) in [6, 6.07) is 9.76. The fourth-order valence-corrected chi connectivity index (χ4v) is 1.57. The van der Waals surface area contributed by atoms with Crippen molar-refractivity contribution in [1.29, 1.82) is 0 Å². The van der Waals surface area contributed by atoms with E-state index >= 15 is 0 Å². The average molecular weight is 243 g/mol. The molecule has 1 aromatic carbocycles. The summed E-state index contributed by atoms with van der Waals surface area (Å²) in [7, 11) is 1.62. The van der Waals surface area contributed by atoms with Gasteiger partial charge in [-0.3, -0.25) is 9.59 Å². The van der Waals surface area contributed by atoms with Crippen LogP contribution in [0.1, 0.15) is 10.4 Å². The lowest BCUT2D eigenvalue weighted by molar-refractivity contribution is 0.102. The molecule has 1 aromatic heterocycles. The lowest BCUT2D eigenvalue weighted by Crippen LogP contribution is -2.18. The van der Waals surface area contributed by atoms with E-state index < -0.39 is 0 Å². The van der Waals surface area contributed by atoms with Crippen molar-refractivity contribution in [2.75, 3.05) is 11.1 Å². The number of nitrogens with zero attached hydrogens (tertiary/aromatic N) is 1. The maximum atomic E-state index is 12.0. The molecule has 0 aliphatic carbocycles. The Balaban J connectivity index is 2.24. The topological polar surface area (TPSA) is 77.1 Å². The van der Waals surface area contributed by atoms with Gasteiger partial charge in [0.25, 0.3) is 5.91 Å². The second-order valence-electron chi connectivity index (χ2n) is 3.91. The van der Waals surface area contributed by atoms with E-state index in [2.05, 4.69) is 5.32 Å². The van der Waals surface area contributed by atoms with Crippen LogP contribution in [0.4, 0.5) is 11.4 Å². The number of hydrogen-bond acceptors (Lipinski definition) is 3. The molecule has 3 N–H and O–H groups in total. The van der Waals surface area contributed by atoms with E-state index in [-0.39, 0.29) is 11.5 Å². The number of rotatable bonds is 2. The first-order chi connectivity index (χ1) is 8.58. The molecule has 2 aromatic rings. The third-order valence-electron chi connectivity index (χ3n) is 2.55. The molecule has 1 heterocycles. The summed E-state index contributed by atoms with van der Waals surface area (Å²) in [5, 5.41) is 2.69. The van der Waals surface area contributed by atoms with Gasteiger partial charge in [0.15, 0.2) is 0 Å². The third-order valence-corrected chi connectivity index (χ3v) is 2.55. The number of pyridine rings is 1. The number of anilines is 2. The van der Waals surface area contributed by atoms with E-state index in [1.54, 1.807) is 43.6 Å². The molecule has 0 saturated heterocycles. The van der Waals surface area contributed by atoms with Gasteiger partial charge in [0, 0.05) is 25.0 Å². The van der Waals surface area contributed by atoms with Gasteiger partial charge in [-0.05, 0) is 18.2 Å². The maximum Gasteiger partial charge on any atom is 0.257 e. The molecule has 0 spiro atoms. The Bertz CT molecular complexity index is 647. The maximum absolute atomic E-state index is 12.0. The number of amides is 1. The van der Waals surface area contributed by atoms with Gasteiger partial charge in [-0.2, -0.15) is 0 Å². The first kappa shape index (κ1) is 11.9. The fraction of sp³-hybridized carbons (Fsp3) is 0.0769. The van der Waals surface area contributed by atoms with Gasteiger partial charge in [-0.25, -0.2) is 0 Å². The molecule has 2 rings (SSSR count). The highest BCUT2D eigenvalue weighted by Crippen LogP contribution is 2.13. The standard InChI is InChI=1S/C13H13N3O2/c1-16-8-9(6-7-12(16)17)15-13(18)10-4-2-3-5-11(10)14/h2-8H,14H2,1H3,(H,15,18). The van der Waals surface area contributed by atoms with Crippen molar-refractivity contribution >= 4 is 17.3 Å². The van der Waals surface area contributed by atoms with E-state index in [0.29, 0.717) is 16.9 Å². The van der Waals surface area contributed by atoms with Gasteiger partial charge in [0.2, 0.25) is 5.56 Å². The highest BCUT2D eigenvalue weighted by atomic mass is 16.1. The van der Waals surface area contributed by atoms with Gasteiger partial charge in [-0.1, -0.05) is 12.1 Å². The van der Waals surface area contributed by atoms with Crippen molar-refractivity contribution in [2.45, 2.75) is 0 Å². The van der Waals surface area contributed by atoms with Crippen LogP contribution in [0.3, 0.4) is 0 Å². The Hall–Kier alpha value is -2.56. The van der Waals surface area contributed by atoms with E-state index in [4.69, 9.17) is 5.73 Å². The number of aryl methyl sites for hydroxylation is 1. The molecule has 0 aliphatic rings. The Morgan fingerprint density at radius 3 is 2.61 bits per heavy atom. The molecule has 0 aliphatic heterocycles. The summed E-state index contributed by atoms with van der Waals surface area (Å²) >= 11 is 0. The molecule has 0 bridgehead atoms. The molecule has 0 saturated carbocycles. The normalized spacial score (nSPS) is 10.1. The second-order valence-corrected chi connectivity index (χ2v) is 3.91. The number of carbonyl (C=O) groups excluding carboxylic acids is 1. The molecule has 92 valence electrons. The summed E-state index contributed by atoms with van der Waals surface area (Å²) in [6.07, 6.45) is 1.55. The lowest BCUT2D eigenvalue weighted by atomic mass is 10.1.